The number of benzene rings is 2. The molecule has 0 aliphatic carbocycles. The molecule has 0 aliphatic heterocycles. The molecule has 0 unspecified atom stereocenters. The lowest BCUT2D eigenvalue weighted by Crippen LogP contribution is -2.35. The van der Waals surface area contributed by atoms with Crippen LogP contribution in [0.1, 0.15) is 27.0 Å². The van der Waals surface area contributed by atoms with Crippen LogP contribution in [0, 0.1) is 19.7 Å². The molecule has 0 aliphatic rings. The van der Waals surface area contributed by atoms with Gasteiger partial charge in [0, 0.05) is 17.7 Å². The number of hydrogen-bond donors (Lipinski definition) is 2. The molecule has 0 atom stereocenters. The number of carbonyl (C=O) groups is 1. The molecule has 0 radical (unpaired) electrons. The van der Waals surface area contributed by atoms with E-state index < -0.39 is 5.82 Å². The third kappa shape index (κ3) is 3.90. The van der Waals surface area contributed by atoms with E-state index >= 15 is 0 Å². The number of nitrogens with one attached hydrogen (secondary N) is 1. The third-order valence-corrected chi connectivity index (χ3v) is 4.74. The number of nitrogens with zero attached hydrogens (tertiary/aromatic N) is 1. The van der Waals surface area contributed by atoms with Gasteiger partial charge in [0.25, 0.3) is 11.5 Å². The highest BCUT2D eigenvalue weighted by Crippen LogP contribution is 2.19. The number of aryl methyl sites for hydroxylation is 2. The first kappa shape index (κ1) is 18.8. The summed E-state index contributed by atoms with van der Waals surface area (Å²) in [6.45, 7) is 3.81. The summed E-state index contributed by atoms with van der Waals surface area (Å²) in [6, 6.07) is 10.9. The smallest absolute Gasteiger partial charge is 0.254 e. The second-order valence-corrected chi connectivity index (χ2v) is 6.55. The molecule has 2 N–H and O–H groups in total. The molecule has 5 nitrogen and oxygen atoms in total. The number of H-pyrrole nitrogens is 1. The number of aliphatic hydroxyl groups is 1. The van der Waals surface area contributed by atoms with Crippen LogP contribution in [0.3, 0.4) is 0 Å². The Morgan fingerprint density at radius 3 is 2.52 bits per heavy atom. The maximum absolute atomic E-state index is 13.1. The fourth-order valence-electron chi connectivity index (χ4n) is 3.04. The quantitative estimate of drug-likeness (QED) is 0.727. The second-order valence-electron chi connectivity index (χ2n) is 6.55. The third-order valence-electron chi connectivity index (χ3n) is 4.74. The second kappa shape index (κ2) is 7.72. The molecule has 140 valence electrons. The van der Waals surface area contributed by atoms with Crippen molar-refractivity contribution in [2.45, 2.75) is 20.4 Å². The SMILES string of the molecule is Cc1ccc2cc(CN(CCO)C(=O)c3ccc(F)cc3)c(=O)[nH]c2c1C. The molecule has 1 amide bonds. The van der Waals surface area contributed by atoms with Gasteiger partial charge in [-0.1, -0.05) is 12.1 Å². The lowest BCUT2D eigenvalue weighted by atomic mass is 10.0. The highest BCUT2D eigenvalue weighted by Gasteiger charge is 2.18. The van der Waals surface area contributed by atoms with Crippen LogP contribution in [0.15, 0.2) is 47.3 Å². The molecule has 0 spiro atoms. The molecular formula is C21H21FN2O3. The van der Waals surface area contributed by atoms with Crippen LogP contribution in [0.2, 0.25) is 0 Å². The standard InChI is InChI=1S/C21H21FN2O3/c1-13-3-4-16-11-17(20(26)23-19(16)14(13)2)12-24(9-10-25)21(27)15-5-7-18(22)8-6-15/h3-8,11,25H,9-10,12H2,1-2H3,(H,23,26). The van der Waals surface area contributed by atoms with Gasteiger partial charge >= 0.3 is 0 Å². The largest absolute Gasteiger partial charge is 0.395 e. The summed E-state index contributed by atoms with van der Waals surface area (Å²) >= 11 is 0. The van der Waals surface area contributed by atoms with Gasteiger partial charge in [0.1, 0.15) is 5.82 Å². The van der Waals surface area contributed by atoms with E-state index in [1.807, 2.05) is 26.0 Å². The van der Waals surface area contributed by atoms with Crippen LogP contribution in [0.4, 0.5) is 4.39 Å². The van der Waals surface area contributed by atoms with Crippen molar-refractivity contribution in [3.8, 4) is 0 Å². The normalized spacial score (nSPS) is 11.0. The average Bonchev–Trinajstić information content (AvgIpc) is 2.66. The zero-order chi connectivity index (χ0) is 19.6. The number of aromatic nitrogens is 1. The van der Waals surface area contributed by atoms with Crippen LogP contribution in [0.25, 0.3) is 10.9 Å². The zero-order valence-electron chi connectivity index (χ0n) is 15.3. The van der Waals surface area contributed by atoms with E-state index in [0.29, 0.717) is 11.1 Å². The summed E-state index contributed by atoms with van der Waals surface area (Å²) in [5.41, 5.74) is 3.32. The monoisotopic (exact) mass is 368 g/mol. The van der Waals surface area contributed by atoms with E-state index in [1.165, 1.54) is 29.2 Å². The average molecular weight is 368 g/mol. The molecule has 1 heterocycles. The summed E-state index contributed by atoms with van der Waals surface area (Å²) < 4.78 is 13.1. The first-order valence-corrected chi connectivity index (χ1v) is 8.68. The number of carbonyl (C=O) groups excluding carboxylic acids is 1. The molecule has 2 aromatic carbocycles. The number of aromatic amines is 1. The molecule has 6 heteroatoms. The van der Waals surface area contributed by atoms with E-state index in [-0.39, 0.29) is 31.2 Å². The molecule has 0 bridgehead atoms. The minimum atomic E-state index is -0.433. The van der Waals surface area contributed by atoms with Gasteiger partial charge < -0.3 is 15.0 Å². The van der Waals surface area contributed by atoms with Gasteiger partial charge in [-0.3, -0.25) is 9.59 Å². The maximum Gasteiger partial charge on any atom is 0.254 e. The number of hydrogen-bond acceptors (Lipinski definition) is 3. The lowest BCUT2D eigenvalue weighted by Gasteiger charge is -2.22. The minimum Gasteiger partial charge on any atom is -0.395 e. The van der Waals surface area contributed by atoms with Gasteiger partial charge in [-0.15, -0.1) is 0 Å². The van der Waals surface area contributed by atoms with Crippen LogP contribution in [0.5, 0.6) is 0 Å². The van der Waals surface area contributed by atoms with E-state index in [9.17, 15) is 19.1 Å². The minimum absolute atomic E-state index is 0.0506. The van der Waals surface area contributed by atoms with Crippen molar-refractivity contribution < 1.29 is 14.3 Å². The van der Waals surface area contributed by atoms with Crippen molar-refractivity contribution in [1.29, 1.82) is 0 Å². The van der Waals surface area contributed by atoms with Crippen molar-refractivity contribution >= 4 is 16.8 Å². The topological polar surface area (TPSA) is 73.4 Å². The fourth-order valence-corrected chi connectivity index (χ4v) is 3.04. The summed E-state index contributed by atoms with van der Waals surface area (Å²) in [5, 5.41) is 10.2. The molecule has 0 fully saturated rings. The molecule has 1 aromatic heterocycles. The predicted octanol–water partition coefficient (Wildman–Crippen LogP) is 2.92. The Kier molecular flexibility index (Phi) is 5.37. The number of amides is 1. The van der Waals surface area contributed by atoms with Gasteiger partial charge in [-0.25, -0.2) is 4.39 Å². The first-order chi connectivity index (χ1) is 12.9. The van der Waals surface area contributed by atoms with Crippen molar-refractivity contribution in [3.05, 3.63) is 80.9 Å². The number of fused-ring (bicyclic) bond motifs is 1. The molecule has 27 heavy (non-hydrogen) atoms. The predicted molar refractivity (Wildman–Crippen MR) is 102 cm³/mol. The van der Waals surface area contributed by atoms with Crippen LogP contribution >= 0.6 is 0 Å². The van der Waals surface area contributed by atoms with Crippen molar-refractivity contribution in [2.75, 3.05) is 13.2 Å². The van der Waals surface area contributed by atoms with E-state index in [1.54, 1.807) is 6.07 Å². The van der Waals surface area contributed by atoms with E-state index in [2.05, 4.69) is 4.98 Å². The van der Waals surface area contributed by atoms with E-state index in [4.69, 9.17) is 0 Å². The van der Waals surface area contributed by atoms with Crippen LogP contribution in [-0.2, 0) is 6.54 Å². The number of rotatable bonds is 5. The highest BCUT2D eigenvalue weighted by atomic mass is 19.1. The molecule has 3 aromatic rings. The lowest BCUT2D eigenvalue weighted by molar-refractivity contribution is 0.0707. The number of aliphatic hydroxyl groups excluding tert-OH is 1. The first-order valence-electron chi connectivity index (χ1n) is 8.68. The maximum atomic E-state index is 13.1. The molecular weight excluding hydrogens is 347 g/mol. The zero-order valence-corrected chi connectivity index (χ0v) is 15.3. The van der Waals surface area contributed by atoms with Gasteiger partial charge in [0.2, 0.25) is 0 Å². The van der Waals surface area contributed by atoms with Crippen molar-refractivity contribution in [3.63, 3.8) is 0 Å². The Labute approximate surface area is 156 Å². The summed E-state index contributed by atoms with van der Waals surface area (Å²) in [6.07, 6.45) is 0. The number of halogens is 1. The Morgan fingerprint density at radius 2 is 1.85 bits per heavy atom. The molecule has 0 saturated carbocycles. The Morgan fingerprint density at radius 1 is 1.15 bits per heavy atom. The molecule has 3 rings (SSSR count). The summed E-state index contributed by atoms with van der Waals surface area (Å²) in [4.78, 5) is 29.5. The summed E-state index contributed by atoms with van der Waals surface area (Å²) in [7, 11) is 0. The van der Waals surface area contributed by atoms with Crippen molar-refractivity contribution in [1.82, 2.24) is 9.88 Å². The van der Waals surface area contributed by atoms with E-state index in [0.717, 1.165) is 22.0 Å². The summed E-state index contributed by atoms with van der Waals surface area (Å²) in [5.74, 6) is -0.805. The van der Waals surface area contributed by atoms with Gasteiger partial charge in [0.15, 0.2) is 0 Å². The van der Waals surface area contributed by atoms with Crippen LogP contribution in [-0.4, -0.2) is 34.0 Å². The Bertz CT molecular complexity index is 1040. The van der Waals surface area contributed by atoms with Gasteiger partial charge in [-0.05, 0) is 60.7 Å². The fraction of sp³-hybridized carbons (Fsp3) is 0.238. The highest BCUT2D eigenvalue weighted by molar-refractivity contribution is 5.94. The number of pyridine rings is 1. The van der Waals surface area contributed by atoms with Crippen molar-refractivity contribution in [2.24, 2.45) is 0 Å². The Hall–Kier alpha value is -2.99. The van der Waals surface area contributed by atoms with Gasteiger partial charge in [0.05, 0.1) is 18.7 Å². The molecule has 0 saturated heterocycles. The van der Waals surface area contributed by atoms with Crippen LogP contribution < -0.4 is 5.56 Å². The Balaban J connectivity index is 1.95. The van der Waals surface area contributed by atoms with Gasteiger partial charge in [-0.2, -0.15) is 0 Å².